The van der Waals surface area contributed by atoms with Crippen molar-refractivity contribution in [1.29, 1.82) is 0 Å². The molecule has 0 saturated carbocycles. The van der Waals surface area contributed by atoms with Crippen molar-refractivity contribution < 1.29 is 9.18 Å². The Labute approximate surface area is 119 Å². The quantitative estimate of drug-likeness (QED) is 0.895. The van der Waals surface area contributed by atoms with Crippen molar-refractivity contribution in [3.8, 4) is 0 Å². The van der Waals surface area contributed by atoms with Gasteiger partial charge in [0.1, 0.15) is 5.82 Å². The van der Waals surface area contributed by atoms with Crippen LogP contribution in [0.1, 0.15) is 25.3 Å². The summed E-state index contributed by atoms with van der Waals surface area (Å²) in [6.07, 6.45) is 1.92. The number of piperidine rings is 1. The lowest BCUT2D eigenvalue weighted by atomic mass is 9.82. The number of hydrogen-bond acceptors (Lipinski definition) is 2. The SMILES string of the molecule is CC1(C(=O)NCc2cccc(F)c2)CCCNC1.Cl. The molecule has 106 valence electrons. The van der Waals surface area contributed by atoms with Gasteiger partial charge in [0.2, 0.25) is 5.91 Å². The Bertz CT molecular complexity index is 433. The molecule has 2 rings (SSSR count). The first kappa shape index (κ1) is 15.9. The van der Waals surface area contributed by atoms with E-state index in [1.807, 2.05) is 13.0 Å². The summed E-state index contributed by atoms with van der Waals surface area (Å²) < 4.78 is 13.0. The molecule has 0 radical (unpaired) electrons. The molecule has 1 aliphatic rings. The molecule has 1 aromatic rings. The number of nitrogens with one attached hydrogen (secondary N) is 2. The average Bonchev–Trinajstić information content (AvgIpc) is 2.37. The maximum absolute atomic E-state index is 13.0. The first-order chi connectivity index (χ1) is 8.60. The number of rotatable bonds is 3. The van der Waals surface area contributed by atoms with Gasteiger partial charge in [-0.1, -0.05) is 12.1 Å². The summed E-state index contributed by atoms with van der Waals surface area (Å²) in [5.74, 6) is -0.230. The van der Waals surface area contributed by atoms with Crippen LogP contribution in [0.25, 0.3) is 0 Å². The third-order valence-electron chi connectivity index (χ3n) is 3.49. The minimum absolute atomic E-state index is 0. The molecule has 1 aromatic carbocycles. The van der Waals surface area contributed by atoms with Crippen molar-refractivity contribution in [2.24, 2.45) is 5.41 Å². The Kier molecular flexibility index (Phi) is 5.76. The van der Waals surface area contributed by atoms with E-state index in [1.54, 1.807) is 6.07 Å². The molecule has 0 aromatic heterocycles. The predicted molar refractivity (Wildman–Crippen MR) is 75.7 cm³/mol. The van der Waals surface area contributed by atoms with Crippen LogP contribution < -0.4 is 10.6 Å². The highest BCUT2D eigenvalue weighted by atomic mass is 35.5. The van der Waals surface area contributed by atoms with Crippen molar-refractivity contribution in [3.63, 3.8) is 0 Å². The fraction of sp³-hybridized carbons (Fsp3) is 0.500. The second-order valence-corrected chi connectivity index (χ2v) is 5.15. The molecule has 1 heterocycles. The van der Waals surface area contributed by atoms with Crippen molar-refractivity contribution in [2.45, 2.75) is 26.3 Å². The van der Waals surface area contributed by atoms with Crippen LogP contribution in [0.2, 0.25) is 0 Å². The van der Waals surface area contributed by atoms with Gasteiger partial charge in [-0.2, -0.15) is 0 Å². The summed E-state index contributed by atoms with van der Waals surface area (Å²) in [5, 5.41) is 6.13. The zero-order valence-electron chi connectivity index (χ0n) is 11.0. The number of carbonyl (C=O) groups is 1. The van der Waals surface area contributed by atoms with Crippen LogP contribution in [0.15, 0.2) is 24.3 Å². The molecule has 1 atom stereocenters. The Balaban J connectivity index is 0.00000180. The predicted octanol–water partition coefficient (Wildman–Crippen LogP) is 2.25. The van der Waals surface area contributed by atoms with Gasteiger partial charge in [0.25, 0.3) is 0 Å². The highest BCUT2D eigenvalue weighted by molar-refractivity contribution is 5.85. The Morgan fingerprint density at radius 3 is 2.95 bits per heavy atom. The van der Waals surface area contributed by atoms with Crippen LogP contribution >= 0.6 is 12.4 Å². The lowest BCUT2D eigenvalue weighted by Gasteiger charge is -2.32. The third-order valence-corrected chi connectivity index (χ3v) is 3.49. The largest absolute Gasteiger partial charge is 0.352 e. The van der Waals surface area contributed by atoms with Gasteiger partial charge in [-0.25, -0.2) is 4.39 Å². The van der Waals surface area contributed by atoms with Crippen LogP contribution in [-0.4, -0.2) is 19.0 Å². The highest BCUT2D eigenvalue weighted by Gasteiger charge is 2.34. The topological polar surface area (TPSA) is 41.1 Å². The Morgan fingerprint density at radius 1 is 1.53 bits per heavy atom. The van der Waals surface area contributed by atoms with E-state index in [4.69, 9.17) is 0 Å². The van der Waals surface area contributed by atoms with Gasteiger partial charge in [0, 0.05) is 13.1 Å². The second kappa shape index (κ2) is 6.87. The van der Waals surface area contributed by atoms with Crippen molar-refractivity contribution in [2.75, 3.05) is 13.1 Å². The zero-order chi connectivity index (χ0) is 13.0. The standard InChI is InChI=1S/C14H19FN2O.ClH/c1-14(6-3-7-16-10-14)13(18)17-9-11-4-2-5-12(15)8-11;/h2,4-5,8,16H,3,6-7,9-10H2,1H3,(H,17,18);1H. The molecule has 3 nitrogen and oxygen atoms in total. The fourth-order valence-corrected chi connectivity index (χ4v) is 2.29. The molecule has 0 aliphatic carbocycles. The van der Waals surface area contributed by atoms with E-state index >= 15 is 0 Å². The number of halogens is 2. The molecule has 1 saturated heterocycles. The summed E-state index contributed by atoms with van der Waals surface area (Å²) in [7, 11) is 0. The van der Waals surface area contributed by atoms with E-state index in [9.17, 15) is 9.18 Å². The first-order valence-electron chi connectivity index (χ1n) is 6.34. The molecule has 0 spiro atoms. The van der Waals surface area contributed by atoms with E-state index in [-0.39, 0.29) is 29.5 Å². The molecule has 0 bridgehead atoms. The number of carbonyl (C=O) groups excluding carboxylic acids is 1. The summed E-state index contributed by atoms with van der Waals surface area (Å²) >= 11 is 0. The molecule has 1 aliphatic heterocycles. The smallest absolute Gasteiger partial charge is 0.227 e. The van der Waals surface area contributed by atoms with Gasteiger partial charge in [0.05, 0.1) is 5.41 Å². The van der Waals surface area contributed by atoms with E-state index < -0.39 is 0 Å². The van der Waals surface area contributed by atoms with Gasteiger partial charge < -0.3 is 10.6 Å². The molecule has 2 N–H and O–H groups in total. The maximum atomic E-state index is 13.0. The number of hydrogen-bond donors (Lipinski definition) is 2. The molecular weight excluding hydrogens is 267 g/mol. The van der Waals surface area contributed by atoms with Crippen LogP contribution in [-0.2, 0) is 11.3 Å². The van der Waals surface area contributed by atoms with Crippen LogP contribution in [0.3, 0.4) is 0 Å². The van der Waals surface area contributed by atoms with Gasteiger partial charge in [-0.3, -0.25) is 4.79 Å². The molecule has 5 heteroatoms. The Morgan fingerprint density at radius 2 is 2.32 bits per heavy atom. The molecule has 1 fully saturated rings. The van der Waals surface area contributed by atoms with E-state index in [1.165, 1.54) is 12.1 Å². The number of amides is 1. The van der Waals surface area contributed by atoms with Crippen molar-refractivity contribution in [3.05, 3.63) is 35.6 Å². The van der Waals surface area contributed by atoms with Gasteiger partial charge in [-0.05, 0) is 44.0 Å². The molecule has 1 amide bonds. The third kappa shape index (κ3) is 4.18. The molecular formula is C14H20ClFN2O. The lowest BCUT2D eigenvalue weighted by Crippen LogP contribution is -2.48. The average molecular weight is 287 g/mol. The van der Waals surface area contributed by atoms with Crippen molar-refractivity contribution in [1.82, 2.24) is 10.6 Å². The summed E-state index contributed by atoms with van der Waals surface area (Å²) in [5.41, 5.74) is 0.446. The van der Waals surface area contributed by atoms with Crippen LogP contribution in [0, 0.1) is 11.2 Å². The minimum atomic E-state index is -0.342. The maximum Gasteiger partial charge on any atom is 0.227 e. The monoisotopic (exact) mass is 286 g/mol. The summed E-state index contributed by atoms with van der Waals surface area (Å²) in [6.45, 7) is 4.04. The first-order valence-corrected chi connectivity index (χ1v) is 6.34. The van der Waals surface area contributed by atoms with E-state index in [2.05, 4.69) is 10.6 Å². The van der Waals surface area contributed by atoms with Crippen LogP contribution in [0.4, 0.5) is 4.39 Å². The highest BCUT2D eigenvalue weighted by Crippen LogP contribution is 2.25. The van der Waals surface area contributed by atoms with E-state index in [0.717, 1.165) is 24.9 Å². The number of benzene rings is 1. The summed E-state index contributed by atoms with van der Waals surface area (Å²) in [6, 6.07) is 6.31. The van der Waals surface area contributed by atoms with Gasteiger partial charge in [-0.15, -0.1) is 12.4 Å². The molecule has 1 unspecified atom stereocenters. The fourth-order valence-electron chi connectivity index (χ4n) is 2.29. The van der Waals surface area contributed by atoms with E-state index in [0.29, 0.717) is 13.1 Å². The van der Waals surface area contributed by atoms with Crippen molar-refractivity contribution >= 4 is 18.3 Å². The Hall–Kier alpha value is -1.13. The normalized spacial score (nSPS) is 22.4. The van der Waals surface area contributed by atoms with Crippen LogP contribution in [0.5, 0.6) is 0 Å². The zero-order valence-corrected chi connectivity index (χ0v) is 11.9. The van der Waals surface area contributed by atoms with Gasteiger partial charge >= 0.3 is 0 Å². The van der Waals surface area contributed by atoms with Gasteiger partial charge in [0.15, 0.2) is 0 Å². The second-order valence-electron chi connectivity index (χ2n) is 5.15. The molecule has 19 heavy (non-hydrogen) atoms. The summed E-state index contributed by atoms with van der Waals surface area (Å²) in [4.78, 5) is 12.1. The minimum Gasteiger partial charge on any atom is -0.352 e. The lowest BCUT2D eigenvalue weighted by molar-refractivity contribution is -0.131.